The Kier molecular flexibility index (Phi) is 11.2. The number of nitrogens with zero attached hydrogens (tertiary/aromatic N) is 1. The zero-order chi connectivity index (χ0) is 28.4. The third-order valence-electron chi connectivity index (χ3n) is 6.22. The van der Waals surface area contributed by atoms with E-state index >= 15 is 0 Å². The van der Waals surface area contributed by atoms with E-state index < -0.39 is 54.0 Å². The zero-order valence-electron chi connectivity index (χ0n) is 21.5. The number of hydrogen-bond donors (Lipinski definition) is 8. The van der Waals surface area contributed by atoms with E-state index in [4.69, 9.17) is 5.73 Å². The Balaban J connectivity index is 2.24. The van der Waals surface area contributed by atoms with Crippen molar-refractivity contribution in [3.8, 4) is 5.75 Å². The number of amides is 3. The smallest absolute Gasteiger partial charge is 0.326 e. The molecule has 3 amide bonds. The van der Waals surface area contributed by atoms with Crippen LogP contribution in [0.4, 0.5) is 0 Å². The molecule has 0 radical (unpaired) electrons. The summed E-state index contributed by atoms with van der Waals surface area (Å²) < 4.78 is 0. The van der Waals surface area contributed by atoms with Crippen LogP contribution < -0.4 is 21.7 Å². The number of phenolic OH excluding ortho intramolecular Hbond substituents is 1. The number of H-pyrrole nitrogens is 1. The number of nitrogens with two attached hydrogens (primary N) is 1. The number of aromatic amines is 1. The van der Waals surface area contributed by atoms with Crippen LogP contribution in [0.2, 0.25) is 0 Å². The number of nitrogens with one attached hydrogen (secondary N) is 4. The number of carbonyl (C=O) groups excluding carboxylic acids is 3. The van der Waals surface area contributed by atoms with Crippen molar-refractivity contribution >= 4 is 23.7 Å². The standard InChI is InChI=1S/C25H36N6O7/c1-4-13(2)21(24(36)30-19(25(37)38)10-16-11-27-12-28-16)31-22(34)18(29-23(35)20(26)14(3)32)9-15-5-7-17(33)8-6-15/h5-8,11-14,18-21,32-33H,4,9-10,26H2,1-3H3,(H,27,28)(H,29,35)(H,30,36)(H,31,34)(H,37,38). The van der Waals surface area contributed by atoms with E-state index in [1.165, 1.54) is 31.6 Å². The van der Waals surface area contributed by atoms with Crippen molar-refractivity contribution in [2.45, 2.75) is 70.3 Å². The maximum Gasteiger partial charge on any atom is 0.326 e. The number of rotatable bonds is 14. The summed E-state index contributed by atoms with van der Waals surface area (Å²) in [5.74, 6) is -3.79. The fourth-order valence-corrected chi connectivity index (χ4v) is 3.60. The maximum atomic E-state index is 13.4. The van der Waals surface area contributed by atoms with Gasteiger partial charge in [-0.1, -0.05) is 32.4 Å². The van der Waals surface area contributed by atoms with E-state index in [0.29, 0.717) is 17.7 Å². The van der Waals surface area contributed by atoms with Crippen LogP contribution in [0.25, 0.3) is 0 Å². The number of carbonyl (C=O) groups is 4. The van der Waals surface area contributed by atoms with Gasteiger partial charge in [-0.3, -0.25) is 14.4 Å². The third kappa shape index (κ3) is 8.85. The molecule has 6 unspecified atom stereocenters. The molecule has 0 aliphatic heterocycles. The molecular weight excluding hydrogens is 496 g/mol. The summed E-state index contributed by atoms with van der Waals surface area (Å²) in [5, 5.41) is 36.5. The van der Waals surface area contributed by atoms with Gasteiger partial charge >= 0.3 is 5.97 Å². The molecule has 13 heteroatoms. The van der Waals surface area contributed by atoms with E-state index in [-0.39, 0.29) is 24.5 Å². The zero-order valence-corrected chi connectivity index (χ0v) is 21.5. The van der Waals surface area contributed by atoms with Gasteiger partial charge in [0.1, 0.15) is 29.9 Å². The summed E-state index contributed by atoms with van der Waals surface area (Å²) in [4.78, 5) is 57.5. The predicted molar refractivity (Wildman–Crippen MR) is 137 cm³/mol. The van der Waals surface area contributed by atoms with Crippen molar-refractivity contribution in [2.75, 3.05) is 0 Å². The van der Waals surface area contributed by atoms with Gasteiger partial charge in [0.25, 0.3) is 0 Å². The van der Waals surface area contributed by atoms with Gasteiger partial charge in [0.2, 0.25) is 17.7 Å². The third-order valence-corrected chi connectivity index (χ3v) is 6.22. The summed E-state index contributed by atoms with van der Waals surface area (Å²) in [6, 6.07) is 1.13. The number of aliphatic hydroxyl groups excluding tert-OH is 1. The summed E-state index contributed by atoms with van der Waals surface area (Å²) in [7, 11) is 0. The highest BCUT2D eigenvalue weighted by molar-refractivity contribution is 5.94. The fraction of sp³-hybridized carbons (Fsp3) is 0.480. The molecule has 38 heavy (non-hydrogen) atoms. The number of hydrogen-bond acceptors (Lipinski definition) is 8. The molecule has 0 aliphatic carbocycles. The molecule has 2 rings (SSSR count). The van der Waals surface area contributed by atoms with Crippen LogP contribution in [-0.2, 0) is 32.0 Å². The number of imidazole rings is 1. The molecule has 1 heterocycles. The van der Waals surface area contributed by atoms with Gasteiger partial charge in [-0.2, -0.15) is 0 Å². The summed E-state index contributed by atoms with van der Waals surface area (Å²) in [5.41, 5.74) is 6.83. The van der Waals surface area contributed by atoms with Crippen molar-refractivity contribution in [1.82, 2.24) is 25.9 Å². The number of phenols is 1. The highest BCUT2D eigenvalue weighted by Crippen LogP contribution is 2.14. The van der Waals surface area contributed by atoms with Crippen molar-refractivity contribution < 1.29 is 34.5 Å². The average molecular weight is 533 g/mol. The minimum Gasteiger partial charge on any atom is -0.508 e. The minimum absolute atomic E-state index is 0.00317. The first-order valence-corrected chi connectivity index (χ1v) is 12.3. The summed E-state index contributed by atoms with van der Waals surface area (Å²) in [6.45, 7) is 4.88. The Labute approximate surface area is 220 Å². The van der Waals surface area contributed by atoms with Gasteiger partial charge < -0.3 is 42.0 Å². The van der Waals surface area contributed by atoms with Crippen LogP contribution in [0.5, 0.6) is 5.75 Å². The molecule has 13 nitrogen and oxygen atoms in total. The van der Waals surface area contributed by atoms with E-state index in [9.17, 15) is 34.5 Å². The molecule has 1 aromatic heterocycles. The molecule has 208 valence electrons. The van der Waals surface area contributed by atoms with Crippen LogP contribution in [0, 0.1) is 5.92 Å². The SMILES string of the molecule is CCC(C)C(NC(=O)C(Cc1ccc(O)cc1)NC(=O)C(N)C(C)O)C(=O)NC(Cc1cnc[nH]1)C(=O)O. The van der Waals surface area contributed by atoms with Crippen LogP contribution in [0.1, 0.15) is 38.4 Å². The molecule has 0 saturated heterocycles. The van der Waals surface area contributed by atoms with E-state index in [2.05, 4.69) is 25.9 Å². The lowest BCUT2D eigenvalue weighted by Crippen LogP contribution is -2.60. The number of carboxylic acid groups (broad SMARTS) is 1. The monoisotopic (exact) mass is 532 g/mol. The van der Waals surface area contributed by atoms with Crippen LogP contribution in [0.3, 0.4) is 0 Å². The Morgan fingerprint density at radius 1 is 0.974 bits per heavy atom. The van der Waals surface area contributed by atoms with Crippen molar-refractivity contribution in [1.29, 1.82) is 0 Å². The largest absolute Gasteiger partial charge is 0.508 e. The number of benzene rings is 1. The molecule has 6 atom stereocenters. The summed E-state index contributed by atoms with van der Waals surface area (Å²) >= 11 is 0. The average Bonchev–Trinajstić information content (AvgIpc) is 3.39. The quantitative estimate of drug-likeness (QED) is 0.152. The van der Waals surface area contributed by atoms with Gasteiger partial charge in [-0.05, 0) is 30.5 Å². The highest BCUT2D eigenvalue weighted by atomic mass is 16.4. The van der Waals surface area contributed by atoms with E-state index in [1.54, 1.807) is 19.1 Å². The van der Waals surface area contributed by atoms with Gasteiger partial charge in [0, 0.05) is 24.7 Å². The Hall–Kier alpha value is -3.97. The molecule has 0 spiro atoms. The lowest BCUT2D eigenvalue weighted by molar-refractivity contribution is -0.142. The van der Waals surface area contributed by atoms with Crippen LogP contribution in [0.15, 0.2) is 36.8 Å². The lowest BCUT2D eigenvalue weighted by Gasteiger charge is -2.28. The number of carboxylic acids is 1. The molecule has 9 N–H and O–H groups in total. The van der Waals surface area contributed by atoms with Crippen LogP contribution >= 0.6 is 0 Å². The van der Waals surface area contributed by atoms with Crippen molar-refractivity contribution in [3.63, 3.8) is 0 Å². The predicted octanol–water partition coefficient (Wildman–Crippen LogP) is -0.806. The van der Waals surface area contributed by atoms with Gasteiger partial charge in [0.05, 0.1) is 12.4 Å². The first-order chi connectivity index (χ1) is 17.9. The molecule has 0 aliphatic rings. The Bertz CT molecular complexity index is 1070. The normalized spacial score (nSPS) is 15.8. The minimum atomic E-state index is -1.29. The Morgan fingerprint density at radius 2 is 1.61 bits per heavy atom. The number of aliphatic hydroxyl groups is 1. The molecular formula is C25H36N6O7. The number of aliphatic carboxylic acids is 1. The Morgan fingerprint density at radius 3 is 2.13 bits per heavy atom. The molecule has 2 aromatic rings. The fourth-order valence-electron chi connectivity index (χ4n) is 3.60. The van der Waals surface area contributed by atoms with E-state index in [0.717, 1.165) is 0 Å². The van der Waals surface area contributed by atoms with Gasteiger partial charge in [-0.15, -0.1) is 0 Å². The second-order valence-corrected chi connectivity index (χ2v) is 9.25. The summed E-state index contributed by atoms with van der Waals surface area (Å²) in [6.07, 6.45) is 2.11. The van der Waals surface area contributed by atoms with Gasteiger partial charge in [-0.25, -0.2) is 9.78 Å². The molecule has 1 aromatic carbocycles. The maximum absolute atomic E-state index is 13.4. The highest BCUT2D eigenvalue weighted by Gasteiger charge is 2.33. The number of aromatic hydroxyl groups is 1. The van der Waals surface area contributed by atoms with E-state index in [1.807, 2.05) is 6.92 Å². The second-order valence-electron chi connectivity index (χ2n) is 9.25. The molecule has 0 fully saturated rings. The second kappa shape index (κ2) is 14.1. The lowest BCUT2D eigenvalue weighted by atomic mass is 9.96. The topological polar surface area (TPSA) is 220 Å². The molecule has 0 bridgehead atoms. The van der Waals surface area contributed by atoms with Crippen molar-refractivity contribution in [2.24, 2.45) is 11.7 Å². The number of aromatic nitrogens is 2. The first-order valence-electron chi connectivity index (χ1n) is 12.3. The van der Waals surface area contributed by atoms with Crippen LogP contribution in [-0.4, -0.2) is 79.2 Å². The first kappa shape index (κ1) is 30.3. The molecule has 0 saturated carbocycles. The van der Waals surface area contributed by atoms with Crippen molar-refractivity contribution in [3.05, 3.63) is 48.0 Å². The van der Waals surface area contributed by atoms with Gasteiger partial charge in [0.15, 0.2) is 0 Å².